The highest BCUT2D eigenvalue weighted by Crippen LogP contribution is 2.64. The minimum absolute atomic E-state index is 0.0129. The van der Waals surface area contributed by atoms with Crippen LogP contribution in [0.25, 0.3) is 0 Å². The molecule has 4 aliphatic rings. The first-order chi connectivity index (χ1) is 9.57. The molecule has 4 atom stereocenters. The molecule has 0 aliphatic heterocycles. The van der Waals surface area contributed by atoms with Gasteiger partial charge in [0, 0.05) is 11.8 Å². The van der Waals surface area contributed by atoms with Crippen LogP contribution in [0.4, 0.5) is 8.78 Å². The Morgan fingerprint density at radius 2 is 2.05 bits per heavy atom. The number of Topliss-reactive ketones (excluding diaryl/α,β-unsaturated/α-hetero) is 1. The largest absolute Gasteiger partial charge is 0.458 e. The second-order valence-electron chi connectivity index (χ2n) is 6.31. The summed E-state index contributed by atoms with van der Waals surface area (Å²) in [5, 5.41) is 0.0655. The summed E-state index contributed by atoms with van der Waals surface area (Å²) >= 11 is 0. The second-order valence-corrected chi connectivity index (χ2v) is 8.00. The van der Waals surface area contributed by atoms with Gasteiger partial charge in [0.1, 0.15) is 5.78 Å². The van der Waals surface area contributed by atoms with E-state index >= 15 is 0 Å². The number of ketones is 1. The first kappa shape index (κ1) is 14.8. The maximum atomic E-state index is 13.2. The third-order valence-corrected chi connectivity index (χ3v) is 6.01. The molecule has 0 radical (unpaired) electrons. The summed E-state index contributed by atoms with van der Waals surface area (Å²) in [6.45, 7) is -1.61. The first-order valence-electron chi connectivity index (χ1n) is 6.68. The van der Waals surface area contributed by atoms with E-state index < -0.39 is 39.2 Å². The lowest BCUT2D eigenvalue weighted by Gasteiger charge is -2.30. The Labute approximate surface area is 120 Å². The number of esters is 1. The molecule has 4 rings (SSSR count). The molecule has 0 amide bonds. The lowest BCUT2D eigenvalue weighted by Crippen LogP contribution is -2.43. The molecular weight excluding hydrogens is 308 g/mol. The molecule has 118 valence electrons. The molecule has 4 aliphatic carbocycles. The number of carbonyl (C=O) groups excluding carboxylic acids is 2. The lowest BCUT2D eigenvalue weighted by molar-refractivity contribution is -0.164. The average molecular weight is 323 g/mol. The molecule has 21 heavy (non-hydrogen) atoms. The van der Waals surface area contributed by atoms with Crippen molar-refractivity contribution in [3.63, 3.8) is 0 Å². The molecule has 0 aromatic rings. The van der Waals surface area contributed by atoms with Crippen molar-refractivity contribution in [2.75, 3.05) is 6.61 Å². The number of alkyl halides is 2. The van der Waals surface area contributed by atoms with Crippen molar-refractivity contribution in [1.29, 1.82) is 0 Å². The third-order valence-electron chi connectivity index (χ3n) is 5.06. The molecule has 0 spiro atoms. The predicted molar refractivity (Wildman–Crippen MR) is 65.4 cm³/mol. The molecule has 4 fully saturated rings. The summed E-state index contributed by atoms with van der Waals surface area (Å²) in [6, 6.07) is 0. The number of nitrogens with two attached hydrogens (primary N) is 1. The molecule has 0 aromatic heterocycles. The zero-order valence-electron chi connectivity index (χ0n) is 11.1. The van der Waals surface area contributed by atoms with E-state index in [1.54, 1.807) is 0 Å². The maximum Gasteiger partial charge on any atom is 0.391 e. The number of ether oxygens (including phenoxy) is 1. The summed E-state index contributed by atoms with van der Waals surface area (Å²) in [7, 11) is -5.14. The fourth-order valence-corrected chi connectivity index (χ4v) is 4.43. The van der Waals surface area contributed by atoms with E-state index in [1.165, 1.54) is 0 Å². The van der Waals surface area contributed by atoms with E-state index in [0.717, 1.165) is 6.42 Å². The summed E-state index contributed by atoms with van der Waals surface area (Å²) in [5.41, 5.74) is -1.03. The van der Waals surface area contributed by atoms with Crippen LogP contribution in [-0.4, -0.2) is 32.0 Å². The normalized spacial score (nSPS) is 38.0. The number of rotatable bonds is 4. The summed E-state index contributed by atoms with van der Waals surface area (Å²) < 4.78 is 52.4. The number of halogens is 2. The predicted octanol–water partition coefficient (Wildman–Crippen LogP) is 0.416. The monoisotopic (exact) mass is 323 g/mol. The van der Waals surface area contributed by atoms with Gasteiger partial charge in [-0.15, -0.1) is 0 Å². The number of hydrogen-bond donors (Lipinski definition) is 1. The Morgan fingerprint density at radius 1 is 1.38 bits per heavy atom. The fourth-order valence-electron chi connectivity index (χ4n) is 4.20. The molecule has 0 aromatic carbocycles. The van der Waals surface area contributed by atoms with Gasteiger partial charge in [-0.1, -0.05) is 0 Å². The highest BCUT2D eigenvalue weighted by atomic mass is 32.2. The van der Waals surface area contributed by atoms with Crippen molar-refractivity contribution in [3.05, 3.63) is 0 Å². The highest BCUT2D eigenvalue weighted by Gasteiger charge is 2.67. The molecule has 0 heterocycles. The summed E-state index contributed by atoms with van der Waals surface area (Å²) in [5.74, 6) is -1.28. The zero-order valence-corrected chi connectivity index (χ0v) is 11.9. The molecule has 2 N–H and O–H groups in total. The van der Waals surface area contributed by atoms with E-state index in [1.807, 2.05) is 0 Å². The Bertz CT molecular complexity index is 619. The minimum Gasteiger partial charge on any atom is -0.458 e. The molecule has 4 bridgehead atoms. The maximum absolute atomic E-state index is 13.2. The van der Waals surface area contributed by atoms with Crippen LogP contribution >= 0.6 is 0 Å². The van der Waals surface area contributed by atoms with Gasteiger partial charge >= 0.3 is 11.2 Å². The van der Waals surface area contributed by atoms with Crippen molar-refractivity contribution in [3.8, 4) is 0 Å². The number of carbonyl (C=O) groups is 2. The smallest absolute Gasteiger partial charge is 0.391 e. The van der Waals surface area contributed by atoms with Crippen LogP contribution in [0.5, 0.6) is 0 Å². The Hall–Kier alpha value is -1.09. The van der Waals surface area contributed by atoms with E-state index in [-0.39, 0.29) is 17.6 Å². The molecule has 0 saturated heterocycles. The summed E-state index contributed by atoms with van der Waals surface area (Å²) in [4.78, 5) is 24.2. The van der Waals surface area contributed by atoms with Crippen LogP contribution in [0.3, 0.4) is 0 Å². The van der Waals surface area contributed by atoms with Crippen LogP contribution in [-0.2, 0) is 24.3 Å². The van der Waals surface area contributed by atoms with Crippen molar-refractivity contribution in [2.24, 2.45) is 28.3 Å². The lowest BCUT2D eigenvalue weighted by atomic mass is 9.75. The molecule has 6 nitrogen and oxygen atoms in total. The standard InChI is InChI=1S/C12H15F2NO5S/c13-12(14,21(15,18)19)5-20-10(17)11-3-6-1-7(4-11)9(16)8(11)2-6/h6-8H,1-5H2,(H2,15,18,19). The van der Waals surface area contributed by atoms with Gasteiger partial charge in [0.05, 0.1) is 5.41 Å². The van der Waals surface area contributed by atoms with Gasteiger partial charge in [-0.05, 0) is 31.6 Å². The number of primary sulfonamides is 1. The molecule has 4 saturated carbocycles. The van der Waals surface area contributed by atoms with E-state index in [4.69, 9.17) is 0 Å². The van der Waals surface area contributed by atoms with Crippen LogP contribution < -0.4 is 5.14 Å². The fraction of sp³-hybridized carbons (Fsp3) is 0.833. The Kier molecular flexibility index (Phi) is 2.98. The molecule has 9 heteroatoms. The van der Waals surface area contributed by atoms with Crippen LogP contribution in [0.1, 0.15) is 25.7 Å². The topological polar surface area (TPSA) is 104 Å². The van der Waals surface area contributed by atoms with Gasteiger partial charge in [-0.2, -0.15) is 8.78 Å². The zero-order chi connectivity index (χ0) is 15.6. The highest BCUT2D eigenvalue weighted by molar-refractivity contribution is 7.90. The number of sulfonamides is 1. The minimum atomic E-state index is -5.14. The van der Waals surface area contributed by atoms with Gasteiger partial charge in [0.25, 0.3) is 10.0 Å². The van der Waals surface area contributed by atoms with Crippen molar-refractivity contribution in [2.45, 2.75) is 30.9 Å². The Balaban J connectivity index is 1.74. The first-order valence-corrected chi connectivity index (χ1v) is 8.22. The van der Waals surface area contributed by atoms with E-state index in [2.05, 4.69) is 9.88 Å². The van der Waals surface area contributed by atoms with Crippen LogP contribution in [0, 0.1) is 23.2 Å². The van der Waals surface area contributed by atoms with Crippen LogP contribution in [0.2, 0.25) is 0 Å². The molecule has 4 unspecified atom stereocenters. The molecular formula is C12H15F2NO5S. The van der Waals surface area contributed by atoms with Gasteiger partial charge < -0.3 is 4.74 Å². The van der Waals surface area contributed by atoms with Crippen molar-refractivity contribution >= 4 is 21.8 Å². The third kappa shape index (κ3) is 2.01. The summed E-state index contributed by atoms with van der Waals surface area (Å²) in [6.07, 6.45) is 2.13. The van der Waals surface area contributed by atoms with Gasteiger partial charge in [0.2, 0.25) is 0 Å². The second kappa shape index (κ2) is 4.22. The van der Waals surface area contributed by atoms with E-state index in [0.29, 0.717) is 19.3 Å². The van der Waals surface area contributed by atoms with E-state index in [9.17, 15) is 26.8 Å². The SMILES string of the molecule is NS(=O)(=O)C(F)(F)COC(=O)C12CC3CC(C1)C(=O)C2C3. The number of hydrogen-bond acceptors (Lipinski definition) is 5. The van der Waals surface area contributed by atoms with Gasteiger partial charge in [-0.25, -0.2) is 13.6 Å². The van der Waals surface area contributed by atoms with Crippen molar-refractivity contribution < 1.29 is 31.5 Å². The van der Waals surface area contributed by atoms with Gasteiger partial charge in [0.15, 0.2) is 6.61 Å². The van der Waals surface area contributed by atoms with Crippen molar-refractivity contribution in [1.82, 2.24) is 0 Å². The van der Waals surface area contributed by atoms with Gasteiger partial charge in [-0.3, -0.25) is 9.59 Å². The quantitative estimate of drug-likeness (QED) is 0.755. The Morgan fingerprint density at radius 3 is 2.67 bits per heavy atom. The van der Waals surface area contributed by atoms with Crippen LogP contribution in [0.15, 0.2) is 0 Å². The average Bonchev–Trinajstić information content (AvgIpc) is 2.74.